The summed E-state index contributed by atoms with van der Waals surface area (Å²) < 4.78 is 6.83. The average Bonchev–Trinajstić information content (AvgIpc) is 2.32. The van der Waals surface area contributed by atoms with Crippen LogP contribution in [0.4, 0.5) is 0 Å². The van der Waals surface area contributed by atoms with Crippen LogP contribution in [0.15, 0.2) is 28.7 Å². The SMILES string of the molecule is C[C@@H]1CCCN(CCOc2ccc(Br)cc2)C1. The summed E-state index contributed by atoms with van der Waals surface area (Å²) in [5, 5.41) is 0. The zero-order valence-electron chi connectivity index (χ0n) is 10.4. The number of halogens is 1. The van der Waals surface area contributed by atoms with Gasteiger partial charge in [0.2, 0.25) is 0 Å². The van der Waals surface area contributed by atoms with Crippen molar-refractivity contribution in [2.45, 2.75) is 19.8 Å². The Hall–Kier alpha value is -0.540. The maximum Gasteiger partial charge on any atom is 0.119 e. The van der Waals surface area contributed by atoms with Gasteiger partial charge in [-0.25, -0.2) is 0 Å². The molecule has 94 valence electrons. The zero-order valence-corrected chi connectivity index (χ0v) is 11.9. The van der Waals surface area contributed by atoms with E-state index in [1.165, 1.54) is 25.9 Å². The molecule has 0 spiro atoms. The smallest absolute Gasteiger partial charge is 0.119 e. The summed E-state index contributed by atoms with van der Waals surface area (Å²) >= 11 is 3.42. The number of likely N-dealkylation sites (tertiary alicyclic amines) is 1. The molecule has 0 amide bonds. The highest BCUT2D eigenvalue weighted by atomic mass is 79.9. The second-order valence-corrected chi connectivity index (χ2v) is 5.77. The molecule has 1 heterocycles. The fourth-order valence-electron chi connectivity index (χ4n) is 2.31. The minimum absolute atomic E-state index is 0.786. The first-order valence-corrected chi connectivity index (χ1v) is 7.14. The summed E-state index contributed by atoms with van der Waals surface area (Å²) in [5.74, 6) is 1.80. The van der Waals surface area contributed by atoms with E-state index >= 15 is 0 Å². The van der Waals surface area contributed by atoms with Gasteiger partial charge in [0, 0.05) is 17.6 Å². The van der Waals surface area contributed by atoms with Crippen LogP contribution in [-0.2, 0) is 0 Å². The number of benzene rings is 1. The third-order valence-corrected chi connectivity index (χ3v) is 3.76. The third kappa shape index (κ3) is 4.32. The van der Waals surface area contributed by atoms with E-state index in [1.807, 2.05) is 24.3 Å². The fraction of sp³-hybridized carbons (Fsp3) is 0.571. The molecule has 0 aromatic heterocycles. The van der Waals surface area contributed by atoms with E-state index in [2.05, 4.69) is 27.8 Å². The number of rotatable bonds is 4. The topological polar surface area (TPSA) is 12.5 Å². The second-order valence-electron chi connectivity index (χ2n) is 4.85. The molecule has 0 N–H and O–H groups in total. The van der Waals surface area contributed by atoms with E-state index in [0.717, 1.165) is 29.3 Å². The summed E-state index contributed by atoms with van der Waals surface area (Å²) in [5.41, 5.74) is 0. The number of ether oxygens (including phenoxy) is 1. The minimum atomic E-state index is 0.786. The molecule has 1 fully saturated rings. The van der Waals surface area contributed by atoms with E-state index < -0.39 is 0 Å². The summed E-state index contributed by atoms with van der Waals surface area (Å²) in [6, 6.07) is 8.03. The summed E-state index contributed by atoms with van der Waals surface area (Å²) in [7, 11) is 0. The normalized spacial score (nSPS) is 21.4. The first-order chi connectivity index (χ1) is 8.24. The van der Waals surface area contributed by atoms with Crippen molar-refractivity contribution in [1.82, 2.24) is 4.90 Å². The van der Waals surface area contributed by atoms with Crippen LogP contribution in [0.5, 0.6) is 5.75 Å². The molecule has 0 bridgehead atoms. The molecule has 0 radical (unpaired) electrons. The molecule has 0 unspecified atom stereocenters. The quantitative estimate of drug-likeness (QED) is 0.842. The van der Waals surface area contributed by atoms with Gasteiger partial charge >= 0.3 is 0 Å². The van der Waals surface area contributed by atoms with Gasteiger partial charge in [-0.1, -0.05) is 22.9 Å². The van der Waals surface area contributed by atoms with Crippen molar-refractivity contribution in [3.8, 4) is 5.75 Å². The van der Waals surface area contributed by atoms with Crippen molar-refractivity contribution >= 4 is 15.9 Å². The lowest BCUT2D eigenvalue weighted by Crippen LogP contribution is -2.37. The number of nitrogens with zero attached hydrogens (tertiary/aromatic N) is 1. The Morgan fingerprint density at radius 3 is 2.82 bits per heavy atom. The molecule has 3 heteroatoms. The fourth-order valence-corrected chi connectivity index (χ4v) is 2.58. The third-order valence-electron chi connectivity index (χ3n) is 3.23. The van der Waals surface area contributed by atoms with Gasteiger partial charge in [0.05, 0.1) is 0 Å². The molecule has 17 heavy (non-hydrogen) atoms. The van der Waals surface area contributed by atoms with Gasteiger partial charge in [-0.05, 0) is 49.6 Å². The van der Waals surface area contributed by atoms with E-state index in [9.17, 15) is 0 Å². The average molecular weight is 298 g/mol. The van der Waals surface area contributed by atoms with Crippen molar-refractivity contribution in [2.75, 3.05) is 26.2 Å². The van der Waals surface area contributed by atoms with Crippen LogP contribution in [0.3, 0.4) is 0 Å². The molecule has 0 aliphatic carbocycles. The lowest BCUT2D eigenvalue weighted by atomic mass is 10.0. The van der Waals surface area contributed by atoms with Crippen LogP contribution in [-0.4, -0.2) is 31.1 Å². The van der Waals surface area contributed by atoms with Gasteiger partial charge < -0.3 is 4.74 Å². The summed E-state index contributed by atoms with van der Waals surface area (Å²) in [6.45, 7) is 6.62. The summed E-state index contributed by atoms with van der Waals surface area (Å²) in [4.78, 5) is 2.51. The standard InChI is InChI=1S/C14H20BrNO/c1-12-3-2-8-16(11-12)9-10-17-14-6-4-13(15)5-7-14/h4-7,12H,2-3,8-11H2,1H3/t12-/m1/s1. The maximum atomic E-state index is 5.74. The van der Waals surface area contributed by atoms with E-state index in [4.69, 9.17) is 4.74 Å². The van der Waals surface area contributed by atoms with Gasteiger partial charge in [0.1, 0.15) is 12.4 Å². The largest absolute Gasteiger partial charge is 0.492 e. The molecule has 1 atom stereocenters. The maximum absolute atomic E-state index is 5.74. The van der Waals surface area contributed by atoms with Crippen molar-refractivity contribution in [1.29, 1.82) is 0 Å². The highest BCUT2D eigenvalue weighted by molar-refractivity contribution is 9.10. The Morgan fingerprint density at radius 1 is 1.35 bits per heavy atom. The Morgan fingerprint density at radius 2 is 2.12 bits per heavy atom. The van der Waals surface area contributed by atoms with Crippen molar-refractivity contribution in [3.63, 3.8) is 0 Å². The van der Waals surface area contributed by atoms with Gasteiger partial charge in [0.25, 0.3) is 0 Å². The van der Waals surface area contributed by atoms with Crippen LogP contribution in [0.1, 0.15) is 19.8 Å². The van der Waals surface area contributed by atoms with Gasteiger partial charge in [-0.2, -0.15) is 0 Å². The molecule has 1 saturated heterocycles. The lowest BCUT2D eigenvalue weighted by molar-refractivity contribution is 0.153. The molecule has 2 nitrogen and oxygen atoms in total. The van der Waals surface area contributed by atoms with Crippen LogP contribution in [0.2, 0.25) is 0 Å². The van der Waals surface area contributed by atoms with Gasteiger partial charge in [-0.15, -0.1) is 0 Å². The molecular weight excluding hydrogens is 278 g/mol. The Balaban J connectivity index is 1.70. The monoisotopic (exact) mass is 297 g/mol. The highest BCUT2D eigenvalue weighted by Crippen LogP contribution is 2.17. The van der Waals surface area contributed by atoms with E-state index in [-0.39, 0.29) is 0 Å². The first-order valence-electron chi connectivity index (χ1n) is 6.35. The van der Waals surface area contributed by atoms with Crippen LogP contribution in [0, 0.1) is 5.92 Å². The van der Waals surface area contributed by atoms with E-state index in [0.29, 0.717) is 0 Å². The summed E-state index contributed by atoms with van der Waals surface area (Å²) in [6.07, 6.45) is 2.71. The Kier molecular flexibility index (Phi) is 4.86. The van der Waals surface area contributed by atoms with Crippen molar-refractivity contribution in [3.05, 3.63) is 28.7 Å². The predicted octanol–water partition coefficient (Wildman–Crippen LogP) is 3.56. The minimum Gasteiger partial charge on any atom is -0.492 e. The molecule has 1 aliphatic heterocycles. The Labute approximate surface area is 112 Å². The van der Waals surface area contributed by atoms with Crippen LogP contribution in [0.25, 0.3) is 0 Å². The van der Waals surface area contributed by atoms with Gasteiger partial charge in [-0.3, -0.25) is 4.90 Å². The van der Waals surface area contributed by atoms with Gasteiger partial charge in [0.15, 0.2) is 0 Å². The first kappa shape index (κ1) is 12.9. The number of piperidine rings is 1. The van der Waals surface area contributed by atoms with Crippen LogP contribution >= 0.6 is 15.9 Å². The number of hydrogen-bond donors (Lipinski definition) is 0. The second kappa shape index (κ2) is 6.41. The molecule has 1 aliphatic rings. The molecular formula is C14H20BrNO. The molecule has 0 saturated carbocycles. The molecule has 1 aromatic rings. The highest BCUT2D eigenvalue weighted by Gasteiger charge is 2.15. The Bertz CT molecular complexity index is 339. The van der Waals surface area contributed by atoms with Crippen molar-refractivity contribution in [2.24, 2.45) is 5.92 Å². The van der Waals surface area contributed by atoms with Crippen LogP contribution < -0.4 is 4.74 Å². The number of hydrogen-bond acceptors (Lipinski definition) is 2. The zero-order chi connectivity index (χ0) is 12.1. The van der Waals surface area contributed by atoms with Crippen molar-refractivity contribution < 1.29 is 4.74 Å². The molecule has 1 aromatic carbocycles. The predicted molar refractivity (Wildman–Crippen MR) is 74.5 cm³/mol. The van der Waals surface area contributed by atoms with E-state index in [1.54, 1.807) is 0 Å². The molecule has 2 rings (SSSR count). The lowest BCUT2D eigenvalue weighted by Gasteiger charge is -2.30.